The summed E-state index contributed by atoms with van der Waals surface area (Å²) in [4.78, 5) is 25.6. The van der Waals surface area contributed by atoms with Crippen LogP contribution in [0.25, 0.3) is 0 Å². The molecule has 0 aliphatic carbocycles. The van der Waals surface area contributed by atoms with E-state index in [1.54, 1.807) is 24.3 Å². The Labute approximate surface area is 146 Å². The van der Waals surface area contributed by atoms with E-state index < -0.39 is 11.8 Å². The number of nitrogens with one attached hydrogen (secondary N) is 1. The number of morpholine rings is 1. The zero-order valence-electron chi connectivity index (χ0n) is 13.8. The smallest absolute Gasteiger partial charge is 0.313 e. The predicted octanol–water partition coefficient (Wildman–Crippen LogP) is 2.06. The molecule has 2 aromatic rings. The molecule has 0 aromatic heterocycles. The van der Waals surface area contributed by atoms with Crippen molar-refractivity contribution in [3.05, 3.63) is 60.2 Å². The number of amides is 2. The van der Waals surface area contributed by atoms with Crippen molar-refractivity contribution in [2.75, 3.05) is 31.6 Å². The van der Waals surface area contributed by atoms with Gasteiger partial charge in [-0.15, -0.1) is 0 Å². The van der Waals surface area contributed by atoms with Crippen LogP contribution in [-0.4, -0.2) is 43.0 Å². The number of nitrogens with zero attached hydrogens (tertiary/aromatic N) is 1. The van der Waals surface area contributed by atoms with Crippen LogP contribution in [0.5, 0.6) is 5.75 Å². The van der Waals surface area contributed by atoms with Crippen molar-refractivity contribution < 1.29 is 19.1 Å². The molecular weight excluding hydrogens is 320 g/mol. The molecule has 2 aromatic carbocycles. The van der Waals surface area contributed by atoms with E-state index in [4.69, 9.17) is 9.47 Å². The molecule has 1 N–H and O–H groups in total. The molecule has 1 aliphatic heterocycles. The summed E-state index contributed by atoms with van der Waals surface area (Å²) in [7, 11) is 0. The Morgan fingerprint density at radius 1 is 1.00 bits per heavy atom. The summed E-state index contributed by atoms with van der Waals surface area (Å²) in [6, 6.07) is 16.8. The Kier molecular flexibility index (Phi) is 5.64. The zero-order valence-corrected chi connectivity index (χ0v) is 13.8. The number of benzene rings is 2. The van der Waals surface area contributed by atoms with Gasteiger partial charge >= 0.3 is 11.8 Å². The van der Waals surface area contributed by atoms with Crippen LogP contribution in [0.4, 0.5) is 5.69 Å². The molecule has 1 heterocycles. The second kappa shape index (κ2) is 8.30. The average molecular weight is 340 g/mol. The molecule has 0 bridgehead atoms. The lowest BCUT2D eigenvalue weighted by molar-refractivity contribution is -0.145. The molecule has 0 saturated carbocycles. The van der Waals surface area contributed by atoms with Gasteiger partial charge in [0.2, 0.25) is 0 Å². The molecule has 25 heavy (non-hydrogen) atoms. The van der Waals surface area contributed by atoms with E-state index in [2.05, 4.69) is 5.32 Å². The Morgan fingerprint density at radius 3 is 2.36 bits per heavy atom. The highest BCUT2D eigenvalue weighted by Gasteiger charge is 2.23. The predicted molar refractivity (Wildman–Crippen MR) is 93.2 cm³/mol. The summed E-state index contributed by atoms with van der Waals surface area (Å²) in [5.41, 5.74) is 1.63. The molecule has 2 amide bonds. The van der Waals surface area contributed by atoms with Crippen LogP contribution in [0.2, 0.25) is 0 Å². The highest BCUT2D eigenvalue weighted by molar-refractivity contribution is 6.39. The summed E-state index contributed by atoms with van der Waals surface area (Å²) in [5.74, 6) is -0.478. The maximum atomic E-state index is 12.1. The lowest BCUT2D eigenvalue weighted by Gasteiger charge is -2.26. The molecule has 1 saturated heterocycles. The highest BCUT2D eigenvalue weighted by Crippen LogP contribution is 2.17. The zero-order chi connectivity index (χ0) is 17.5. The minimum Gasteiger partial charge on any atom is -0.489 e. The number of hydrogen-bond donors (Lipinski definition) is 1. The number of rotatable bonds is 4. The van der Waals surface area contributed by atoms with Crippen molar-refractivity contribution in [3.8, 4) is 5.75 Å². The minimum absolute atomic E-state index is 0.443. The molecule has 130 valence electrons. The minimum atomic E-state index is -0.639. The van der Waals surface area contributed by atoms with Crippen molar-refractivity contribution in [1.29, 1.82) is 0 Å². The van der Waals surface area contributed by atoms with Crippen LogP contribution in [0.3, 0.4) is 0 Å². The van der Waals surface area contributed by atoms with Crippen molar-refractivity contribution in [2.24, 2.45) is 0 Å². The van der Waals surface area contributed by atoms with Crippen molar-refractivity contribution in [3.63, 3.8) is 0 Å². The Hall–Kier alpha value is -2.86. The molecular formula is C19H20N2O4. The van der Waals surface area contributed by atoms with Crippen LogP contribution in [0.1, 0.15) is 5.56 Å². The first kappa shape index (κ1) is 17.0. The molecule has 6 nitrogen and oxygen atoms in total. The van der Waals surface area contributed by atoms with Crippen LogP contribution < -0.4 is 10.1 Å². The van der Waals surface area contributed by atoms with Gasteiger partial charge in [0.15, 0.2) is 0 Å². The maximum Gasteiger partial charge on any atom is 0.313 e. The number of carbonyl (C=O) groups excluding carboxylic acids is 2. The number of hydrogen-bond acceptors (Lipinski definition) is 4. The third-order valence-corrected chi connectivity index (χ3v) is 3.85. The largest absolute Gasteiger partial charge is 0.489 e. The van der Waals surface area contributed by atoms with Gasteiger partial charge in [0, 0.05) is 18.8 Å². The average Bonchev–Trinajstić information content (AvgIpc) is 2.68. The van der Waals surface area contributed by atoms with E-state index in [1.165, 1.54) is 4.90 Å². The first-order chi connectivity index (χ1) is 12.2. The fourth-order valence-electron chi connectivity index (χ4n) is 2.47. The third-order valence-electron chi connectivity index (χ3n) is 3.85. The molecule has 0 spiro atoms. The molecule has 1 aliphatic rings. The van der Waals surface area contributed by atoms with Crippen molar-refractivity contribution in [2.45, 2.75) is 6.61 Å². The molecule has 1 fully saturated rings. The number of anilines is 1. The van der Waals surface area contributed by atoms with Crippen LogP contribution in [-0.2, 0) is 20.9 Å². The second-order valence-electron chi connectivity index (χ2n) is 5.66. The van der Waals surface area contributed by atoms with Gasteiger partial charge in [0.25, 0.3) is 0 Å². The topological polar surface area (TPSA) is 67.9 Å². The quantitative estimate of drug-likeness (QED) is 0.865. The second-order valence-corrected chi connectivity index (χ2v) is 5.66. The Balaban J connectivity index is 1.51. The van der Waals surface area contributed by atoms with Gasteiger partial charge in [0.1, 0.15) is 12.4 Å². The van der Waals surface area contributed by atoms with E-state index >= 15 is 0 Å². The van der Waals surface area contributed by atoms with Gasteiger partial charge in [-0.3, -0.25) is 9.59 Å². The van der Waals surface area contributed by atoms with Gasteiger partial charge in [-0.2, -0.15) is 0 Å². The molecule has 3 rings (SSSR count). The van der Waals surface area contributed by atoms with Gasteiger partial charge in [-0.1, -0.05) is 30.3 Å². The Morgan fingerprint density at radius 2 is 1.68 bits per heavy atom. The summed E-state index contributed by atoms with van der Waals surface area (Å²) in [5, 5.41) is 2.61. The summed E-state index contributed by atoms with van der Waals surface area (Å²) < 4.78 is 10.9. The van der Waals surface area contributed by atoms with E-state index in [1.807, 2.05) is 30.3 Å². The van der Waals surface area contributed by atoms with Crippen molar-refractivity contribution in [1.82, 2.24) is 4.90 Å². The van der Waals surface area contributed by atoms with Crippen LogP contribution in [0.15, 0.2) is 54.6 Å². The van der Waals surface area contributed by atoms with Gasteiger partial charge in [-0.25, -0.2) is 0 Å². The molecule has 0 radical (unpaired) electrons. The fourth-order valence-corrected chi connectivity index (χ4v) is 2.47. The monoisotopic (exact) mass is 340 g/mol. The van der Waals surface area contributed by atoms with E-state index in [0.29, 0.717) is 44.3 Å². The third kappa shape index (κ3) is 4.81. The first-order valence-electron chi connectivity index (χ1n) is 8.17. The Bertz CT molecular complexity index is 710. The fraction of sp³-hybridized carbons (Fsp3) is 0.263. The molecule has 6 heteroatoms. The lowest BCUT2D eigenvalue weighted by atomic mass is 10.2. The SMILES string of the molecule is O=C(Nc1ccc(OCc2ccccc2)cc1)C(=O)N1CCOCC1. The van der Waals surface area contributed by atoms with Crippen LogP contribution in [0, 0.1) is 0 Å². The number of carbonyl (C=O) groups is 2. The van der Waals surface area contributed by atoms with Crippen molar-refractivity contribution >= 4 is 17.5 Å². The van der Waals surface area contributed by atoms with E-state index in [9.17, 15) is 9.59 Å². The van der Waals surface area contributed by atoms with E-state index in [-0.39, 0.29) is 0 Å². The summed E-state index contributed by atoms with van der Waals surface area (Å²) in [6.07, 6.45) is 0. The standard InChI is InChI=1S/C19H20N2O4/c22-18(19(23)21-10-12-24-13-11-21)20-16-6-8-17(9-7-16)25-14-15-4-2-1-3-5-15/h1-9H,10-14H2,(H,20,22). The maximum absolute atomic E-state index is 12.1. The van der Waals surface area contributed by atoms with Gasteiger partial charge < -0.3 is 19.7 Å². The number of ether oxygens (including phenoxy) is 2. The van der Waals surface area contributed by atoms with Crippen LogP contribution >= 0.6 is 0 Å². The normalized spacial score (nSPS) is 14.0. The highest BCUT2D eigenvalue weighted by atomic mass is 16.5. The van der Waals surface area contributed by atoms with E-state index in [0.717, 1.165) is 5.56 Å². The van der Waals surface area contributed by atoms with Gasteiger partial charge in [0.05, 0.1) is 13.2 Å². The lowest BCUT2D eigenvalue weighted by Crippen LogP contribution is -2.45. The molecule has 0 unspecified atom stereocenters. The molecule has 0 atom stereocenters. The first-order valence-corrected chi connectivity index (χ1v) is 8.17. The van der Waals surface area contributed by atoms with Gasteiger partial charge in [-0.05, 0) is 29.8 Å². The summed E-state index contributed by atoms with van der Waals surface area (Å²) in [6.45, 7) is 2.29. The summed E-state index contributed by atoms with van der Waals surface area (Å²) >= 11 is 0.